The number of carbonyl (C=O) groups is 2. The van der Waals surface area contributed by atoms with Crippen molar-refractivity contribution < 1.29 is 18.7 Å². The van der Waals surface area contributed by atoms with Crippen LogP contribution in [0.5, 0.6) is 0 Å². The summed E-state index contributed by atoms with van der Waals surface area (Å²) in [6.45, 7) is 0. The Morgan fingerprint density at radius 1 is 1.12 bits per heavy atom. The standard InChI is InChI=1S/C19H18FNO3/c1-24-19(23)17(13-5-3-2-4-6-13)21-18(22)16-11-15(16)12-7-9-14(20)10-8-12/h2-10,15-17H,11H2,1H3,(H,21,22). The molecule has 0 saturated heterocycles. The minimum Gasteiger partial charge on any atom is -0.467 e. The van der Waals surface area contributed by atoms with Crippen LogP contribution < -0.4 is 5.32 Å². The molecule has 4 nitrogen and oxygen atoms in total. The van der Waals surface area contributed by atoms with Crippen LogP contribution in [-0.4, -0.2) is 19.0 Å². The summed E-state index contributed by atoms with van der Waals surface area (Å²) < 4.78 is 17.8. The van der Waals surface area contributed by atoms with Gasteiger partial charge in [0.25, 0.3) is 0 Å². The van der Waals surface area contributed by atoms with Crippen molar-refractivity contribution in [3.63, 3.8) is 0 Å². The third-order valence-electron chi connectivity index (χ3n) is 4.28. The van der Waals surface area contributed by atoms with Crippen molar-refractivity contribution in [2.24, 2.45) is 5.92 Å². The van der Waals surface area contributed by atoms with E-state index in [0.717, 1.165) is 5.56 Å². The highest BCUT2D eigenvalue weighted by molar-refractivity contribution is 5.88. The molecule has 0 heterocycles. The fourth-order valence-electron chi connectivity index (χ4n) is 2.85. The van der Waals surface area contributed by atoms with Gasteiger partial charge in [-0.15, -0.1) is 0 Å². The summed E-state index contributed by atoms with van der Waals surface area (Å²) in [5.74, 6) is -1.13. The number of hydrogen-bond acceptors (Lipinski definition) is 3. The molecule has 0 radical (unpaired) electrons. The first kappa shape index (κ1) is 16.2. The van der Waals surface area contributed by atoms with Gasteiger partial charge in [-0.2, -0.15) is 0 Å². The molecular weight excluding hydrogens is 309 g/mol. The third-order valence-corrected chi connectivity index (χ3v) is 4.28. The van der Waals surface area contributed by atoms with E-state index in [1.807, 2.05) is 6.07 Å². The fourth-order valence-corrected chi connectivity index (χ4v) is 2.85. The summed E-state index contributed by atoms with van der Waals surface area (Å²) in [6, 6.07) is 14.3. The molecule has 2 aromatic rings. The van der Waals surface area contributed by atoms with Crippen molar-refractivity contribution in [3.8, 4) is 0 Å². The highest BCUT2D eigenvalue weighted by Crippen LogP contribution is 2.47. The highest BCUT2D eigenvalue weighted by Gasteiger charge is 2.45. The van der Waals surface area contributed by atoms with Crippen LogP contribution in [0.1, 0.15) is 29.5 Å². The molecule has 1 N–H and O–H groups in total. The average Bonchev–Trinajstić information content (AvgIpc) is 3.41. The molecule has 5 heteroatoms. The number of ether oxygens (including phenoxy) is 1. The van der Waals surface area contributed by atoms with Gasteiger partial charge in [-0.1, -0.05) is 42.5 Å². The van der Waals surface area contributed by atoms with E-state index in [4.69, 9.17) is 4.74 Å². The van der Waals surface area contributed by atoms with E-state index in [2.05, 4.69) is 5.32 Å². The predicted octanol–water partition coefficient (Wildman–Crippen LogP) is 2.96. The maximum Gasteiger partial charge on any atom is 0.333 e. The van der Waals surface area contributed by atoms with Crippen LogP contribution in [0.25, 0.3) is 0 Å². The molecule has 0 aliphatic heterocycles. The first-order chi connectivity index (χ1) is 11.6. The predicted molar refractivity (Wildman–Crippen MR) is 86.6 cm³/mol. The van der Waals surface area contributed by atoms with Crippen molar-refractivity contribution in [1.29, 1.82) is 0 Å². The fraction of sp³-hybridized carbons (Fsp3) is 0.263. The van der Waals surface area contributed by atoms with Crippen molar-refractivity contribution in [2.45, 2.75) is 18.4 Å². The molecule has 3 unspecified atom stereocenters. The van der Waals surface area contributed by atoms with Gasteiger partial charge in [0.05, 0.1) is 7.11 Å². The zero-order valence-electron chi connectivity index (χ0n) is 13.2. The number of methoxy groups -OCH3 is 1. The topological polar surface area (TPSA) is 55.4 Å². The van der Waals surface area contributed by atoms with Crippen LogP contribution >= 0.6 is 0 Å². The Morgan fingerprint density at radius 3 is 2.42 bits per heavy atom. The second-order valence-corrected chi connectivity index (χ2v) is 5.88. The van der Waals surface area contributed by atoms with Crippen molar-refractivity contribution >= 4 is 11.9 Å². The van der Waals surface area contributed by atoms with Crippen LogP contribution in [0.3, 0.4) is 0 Å². The van der Waals surface area contributed by atoms with Crippen LogP contribution in [0.2, 0.25) is 0 Å². The Hall–Kier alpha value is -2.69. The van der Waals surface area contributed by atoms with Gasteiger partial charge in [-0.3, -0.25) is 4.79 Å². The van der Waals surface area contributed by atoms with Crippen molar-refractivity contribution in [1.82, 2.24) is 5.32 Å². The molecule has 1 amide bonds. The lowest BCUT2D eigenvalue weighted by atomic mass is 10.1. The molecule has 3 atom stereocenters. The van der Waals surface area contributed by atoms with E-state index >= 15 is 0 Å². The van der Waals surface area contributed by atoms with Gasteiger partial charge >= 0.3 is 5.97 Å². The zero-order valence-corrected chi connectivity index (χ0v) is 13.2. The number of hydrogen-bond donors (Lipinski definition) is 1. The van der Waals surface area contributed by atoms with Crippen molar-refractivity contribution in [3.05, 3.63) is 71.5 Å². The van der Waals surface area contributed by atoms with Crippen LogP contribution in [0.4, 0.5) is 4.39 Å². The normalized spacial score (nSPS) is 20.1. The van der Waals surface area contributed by atoms with Crippen LogP contribution in [0, 0.1) is 11.7 Å². The lowest BCUT2D eigenvalue weighted by Gasteiger charge is -2.17. The maximum absolute atomic E-state index is 13.0. The average molecular weight is 327 g/mol. The number of halogens is 1. The smallest absolute Gasteiger partial charge is 0.333 e. The number of rotatable bonds is 5. The molecular formula is C19H18FNO3. The Bertz CT molecular complexity index is 730. The summed E-state index contributed by atoms with van der Waals surface area (Å²) in [4.78, 5) is 24.5. The van der Waals surface area contributed by atoms with E-state index in [-0.39, 0.29) is 23.6 Å². The molecule has 1 aliphatic carbocycles. The van der Waals surface area contributed by atoms with E-state index in [9.17, 15) is 14.0 Å². The van der Waals surface area contributed by atoms with E-state index in [1.165, 1.54) is 19.2 Å². The molecule has 1 fully saturated rings. The number of amides is 1. The van der Waals surface area contributed by atoms with Gasteiger partial charge in [0, 0.05) is 5.92 Å². The highest BCUT2D eigenvalue weighted by atomic mass is 19.1. The summed E-state index contributed by atoms with van der Waals surface area (Å²) in [5, 5.41) is 2.77. The first-order valence-corrected chi connectivity index (χ1v) is 7.78. The molecule has 3 rings (SSSR count). The SMILES string of the molecule is COC(=O)C(NC(=O)C1CC1c1ccc(F)cc1)c1ccccc1. The van der Waals surface area contributed by atoms with E-state index in [1.54, 1.807) is 36.4 Å². The lowest BCUT2D eigenvalue weighted by Crippen LogP contribution is -2.35. The van der Waals surface area contributed by atoms with Crippen LogP contribution in [-0.2, 0) is 14.3 Å². The Kier molecular flexibility index (Phi) is 4.60. The summed E-state index contributed by atoms with van der Waals surface area (Å²) in [6.07, 6.45) is 0.695. The van der Waals surface area contributed by atoms with E-state index < -0.39 is 12.0 Å². The minimum atomic E-state index is -0.821. The maximum atomic E-state index is 13.0. The summed E-state index contributed by atoms with van der Waals surface area (Å²) in [7, 11) is 1.29. The van der Waals surface area contributed by atoms with Gasteiger partial charge in [0.15, 0.2) is 6.04 Å². The monoisotopic (exact) mass is 327 g/mol. The lowest BCUT2D eigenvalue weighted by molar-refractivity contribution is -0.145. The number of nitrogens with one attached hydrogen (secondary N) is 1. The van der Waals surface area contributed by atoms with Crippen molar-refractivity contribution in [2.75, 3.05) is 7.11 Å². The molecule has 0 bridgehead atoms. The minimum absolute atomic E-state index is 0.0691. The molecule has 2 aromatic carbocycles. The van der Waals surface area contributed by atoms with Gasteiger partial charge in [-0.05, 0) is 35.6 Å². The molecule has 1 saturated carbocycles. The number of carbonyl (C=O) groups excluding carboxylic acids is 2. The quantitative estimate of drug-likeness (QED) is 0.859. The largest absolute Gasteiger partial charge is 0.467 e. The Balaban J connectivity index is 1.69. The second kappa shape index (κ2) is 6.83. The Labute approximate surface area is 139 Å². The molecule has 124 valence electrons. The molecule has 1 aliphatic rings. The van der Waals surface area contributed by atoms with E-state index in [0.29, 0.717) is 12.0 Å². The molecule has 0 aromatic heterocycles. The zero-order chi connectivity index (χ0) is 17.1. The van der Waals surface area contributed by atoms with Gasteiger partial charge in [0.1, 0.15) is 5.82 Å². The summed E-state index contributed by atoms with van der Waals surface area (Å²) >= 11 is 0. The number of benzene rings is 2. The van der Waals surface area contributed by atoms with Gasteiger partial charge < -0.3 is 10.1 Å². The first-order valence-electron chi connectivity index (χ1n) is 7.78. The number of esters is 1. The molecule has 0 spiro atoms. The third kappa shape index (κ3) is 3.45. The van der Waals surface area contributed by atoms with Gasteiger partial charge in [0.2, 0.25) is 5.91 Å². The molecule has 24 heavy (non-hydrogen) atoms. The summed E-state index contributed by atoms with van der Waals surface area (Å²) in [5.41, 5.74) is 1.61. The Morgan fingerprint density at radius 2 is 1.79 bits per heavy atom. The van der Waals surface area contributed by atoms with Crippen LogP contribution in [0.15, 0.2) is 54.6 Å². The van der Waals surface area contributed by atoms with Gasteiger partial charge in [-0.25, -0.2) is 9.18 Å². The second-order valence-electron chi connectivity index (χ2n) is 5.88.